The first-order chi connectivity index (χ1) is 9.15. The molecular formula is C15H25NO3. The molecule has 0 saturated heterocycles. The average Bonchev–Trinajstić information content (AvgIpc) is 2.47. The third-order valence-corrected chi connectivity index (χ3v) is 3.27. The molecule has 4 nitrogen and oxygen atoms in total. The van der Waals surface area contributed by atoms with Crippen molar-refractivity contribution in [3.8, 4) is 11.5 Å². The van der Waals surface area contributed by atoms with Crippen molar-refractivity contribution in [3.63, 3.8) is 0 Å². The van der Waals surface area contributed by atoms with Crippen molar-refractivity contribution in [3.05, 3.63) is 23.8 Å². The van der Waals surface area contributed by atoms with Crippen molar-refractivity contribution in [2.75, 3.05) is 27.9 Å². The molecule has 0 bridgehead atoms. The average molecular weight is 267 g/mol. The van der Waals surface area contributed by atoms with Gasteiger partial charge in [-0.2, -0.15) is 0 Å². The maximum atomic E-state index is 5.34. The van der Waals surface area contributed by atoms with Crippen LogP contribution >= 0.6 is 0 Å². The van der Waals surface area contributed by atoms with Crippen LogP contribution in [-0.2, 0) is 4.74 Å². The Bertz CT molecular complexity index is 382. The first-order valence-electron chi connectivity index (χ1n) is 6.64. The maximum absolute atomic E-state index is 5.34. The number of nitrogens with one attached hydrogen (secondary N) is 1. The largest absolute Gasteiger partial charge is 0.493 e. The molecule has 0 radical (unpaired) electrons. The number of hydrogen-bond donors (Lipinski definition) is 1. The summed E-state index contributed by atoms with van der Waals surface area (Å²) in [4.78, 5) is 0. The Morgan fingerprint density at radius 1 is 1.11 bits per heavy atom. The Hall–Kier alpha value is -1.26. The van der Waals surface area contributed by atoms with Crippen molar-refractivity contribution < 1.29 is 14.2 Å². The molecule has 4 heteroatoms. The summed E-state index contributed by atoms with van der Waals surface area (Å²) in [7, 11) is 5.03. The summed E-state index contributed by atoms with van der Waals surface area (Å²) in [5.41, 5.74) is 1.20. The summed E-state index contributed by atoms with van der Waals surface area (Å²) in [6.07, 6.45) is 1.21. The van der Waals surface area contributed by atoms with Crippen molar-refractivity contribution in [1.82, 2.24) is 5.32 Å². The van der Waals surface area contributed by atoms with Crippen LogP contribution < -0.4 is 14.8 Å². The van der Waals surface area contributed by atoms with Gasteiger partial charge in [0.2, 0.25) is 0 Å². The predicted octanol–water partition coefficient (Wildman–Crippen LogP) is 2.78. The van der Waals surface area contributed by atoms with Crippen molar-refractivity contribution in [2.24, 2.45) is 0 Å². The zero-order valence-electron chi connectivity index (χ0n) is 12.5. The van der Waals surface area contributed by atoms with E-state index in [-0.39, 0.29) is 12.1 Å². The Kier molecular flexibility index (Phi) is 6.67. The third kappa shape index (κ3) is 4.40. The molecule has 0 amide bonds. The summed E-state index contributed by atoms with van der Waals surface area (Å²) in [5, 5.41) is 3.50. The van der Waals surface area contributed by atoms with E-state index in [9.17, 15) is 0 Å². The Morgan fingerprint density at radius 2 is 1.79 bits per heavy atom. The van der Waals surface area contributed by atoms with Crippen LogP contribution in [0.3, 0.4) is 0 Å². The van der Waals surface area contributed by atoms with Crippen LogP contribution in [-0.4, -0.2) is 34.0 Å². The Labute approximate surface area is 116 Å². The van der Waals surface area contributed by atoms with Gasteiger partial charge in [-0.3, -0.25) is 0 Å². The highest BCUT2D eigenvalue weighted by Gasteiger charge is 2.13. The number of hydrogen-bond acceptors (Lipinski definition) is 4. The van der Waals surface area contributed by atoms with Gasteiger partial charge in [-0.15, -0.1) is 0 Å². The summed E-state index contributed by atoms with van der Waals surface area (Å²) in [6.45, 7) is 5.03. The van der Waals surface area contributed by atoms with E-state index >= 15 is 0 Å². The van der Waals surface area contributed by atoms with Gasteiger partial charge in [0.05, 0.1) is 20.3 Å². The predicted molar refractivity (Wildman–Crippen MR) is 77.1 cm³/mol. The summed E-state index contributed by atoms with van der Waals surface area (Å²) in [5.74, 6) is 1.52. The SMILES string of the molecule is CCC(NCC(C)OC)c1ccc(OC)c(OC)c1. The maximum Gasteiger partial charge on any atom is 0.161 e. The molecule has 1 N–H and O–H groups in total. The van der Waals surface area contributed by atoms with Gasteiger partial charge in [-0.25, -0.2) is 0 Å². The number of rotatable bonds is 8. The van der Waals surface area contributed by atoms with Gasteiger partial charge in [-0.05, 0) is 31.0 Å². The van der Waals surface area contributed by atoms with E-state index in [0.717, 1.165) is 24.5 Å². The number of benzene rings is 1. The fraction of sp³-hybridized carbons (Fsp3) is 0.600. The van der Waals surface area contributed by atoms with E-state index in [1.54, 1.807) is 21.3 Å². The van der Waals surface area contributed by atoms with E-state index in [2.05, 4.69) is 18.3 Å². The lowest BCUT2D eigenvalue weighted by molar-refractivity contribution is 0.114. The van der Waals surface area contributed by atoms with Gasteiger partial charge in [0.1, 0.15) is 0 Å². The van der Waals surface area contributed by atoms with E-state index in [1.165, 1.54) is 5.56 Å². The molecular weight excluding hydrogens is 242 g/mol. The molecule has 0 fully saturated rings. The second-order valence-electron chi connectivity index (χ2n) is 4.53. The van der Waals surface area contributed by atoms with Crippen molar-refractivity contribution in [1.29, 1.82) is 0 Å². The summed E-state index contributed by atoms with van der Waals surface area (Å²) in [6, 6.07) is 6.33. The fourth-order valence-corrected chi connectivity index (χ4v) is 1.96. The van der Waals surface area contributed by atoms with Crippen LogP contribution in [0.2, 0.25) is 0 Å². The van der Waals surface area contributed by atoms with Gasteiger partial charge in [0, 0.05) is 19.7 Å². The van der Waals surface area contributed by atoms with E-state index < -0.39 is 0 Å². The van der Waals surface area contributed by atoms with E-state index in [1.807, 2.05) is 19.1 Å². The molecule has 0 aliphatic carbocycles. The molecule has 0 aliphatic heterocycles. The molecule has 0 aliphatic rings. The summed E-state index contributed by atoms with van der Waals surface area (Å²) >= 11 is 0. The minimum atomic E-state index is 0.203. The molecule has 1 rings (SSSR count). The fourth-order valence-electron chi connectivity index (χ4n) is 1.96. The van der Waals surface area contributed by atoms with E-state index in [0.29, 0.717) is 0 Å². The lowest BCUT2D eigenvalue weighted by Gasteiger charge is -2.21. The molecule has 0 heterocycles. The lowest BCUT2D eigenvalue weighted by atomic mass is 10.0. The van der Waals surface area contributed by atoms with Crippen LogP contribution in [0.1, 0.15) is 31.9 Å². The molecule has 0 saturated carbocycles. The lowest BCUT2D eigenvalue weighted by Crippen LogP contribution is -2.29. The minimum absolute atomic E-state index is 0.203. The zero-order chi connectivity index (χ0) is 14.3. The van der Waals surface area contributed by atoms with Gasteiger partial charge in [0.15, 0.2) is 11.5 Å². The standard InChI is InChI=1S/C15H25NO3/c1-6-13(16-10-11(2)17-3)12-7-8-14(18-4)15(9-12)19-5/h7-9,11,13,16H,6,10H2,1-5H3. The van der Waals surface area contributed by atoms with Gasteiger partial charge < -0.3 is 19.5 Å². The van der Waals surface area contributed by atoms with Crippen molar-refractivity contribution in [2.45, 2.75) is 32.4 Å². The van der Waals surface area contributed by atoms with Crippen LogP contribution in [0.25, 0.3) is 0 Å². The van der Waals surface area contributed by atoms with E-state index in [4.69, 9.17) is 14.2 Å². The summed E-state index contributed by atoms with van der Waals surface area (Å²) < 4.78 is 15.9. The van der Waals surface area contributed by atoms with Crippen LogP contribution in [0.5, 0.6) is 11.5 Å². The molecule has 108 valence electrons. The molecule has 2 atom stereocenters. The third-order valence-electron chi connectivity index (χ3n) is 3.27. The second-order valence-corrected chi connectivity index (χ2v) is 4.53. The van der Waals surface area contributed by atoms with Crippen LogP contribution in [0, 0.1) is 0 Å². The smallest absolute Gasteiger partial charge is 0.161 e. The van der Waals surface area contributed by atoms with Gasteiger partial charge >= 0.3 is 0 Å². The first-order valence-corrected chi connectivity index (χ1v) is 6.64. The molecule has 19 heavy (non-hydrogen) atoms. The van der Waals surface area contributed by atoms with Crippen LogP contribution in [0.4, 0.5) is 0 Å². The minimum Gasteiger partial charge on any atom is -0.493 e. The molecule has 0 aromatic heterocycles. The Balaban J connectivity index is 2.80. The number of methoxy groups -OCH3 is 3. The monoisotopic (exact) mass is 267 g/mol. The molecule has 1 aromatic rings. The van der Waals surface area contributed by atoms with Crippen molar-refractivity contribution >= 4 is 0 Å². The zero-order valence-corrected chi connectivity index (χ0v) is 12.5. The highest BCUT2D eigenvalue weighted by atomic mass is 16.5. The highest BCUT2D eigenvalue weighted by molar-refractivity contribution is 5.43. The molecule has 1 aromatic carbocycles. The van der Waals surface area contributed by atoms with Gasteiger partial charge in [0.25, 0.3) is 0 Å². The highest BCUT2D eigenvalue weighted by Crippen LogP contribution is 2.30. The second kappa shape index (κ2) is 8.02. The Morgan fingerprint density at radius 3 is 2.32 bits per heavy atom. The molecule has 2 unspecified atom stereocenters. The van der Waals surface area contributed by atoms with Crippen LogP contribution in [0.15, 0.2) is 18.2 Å². The topological polar surface area (TPSA) is 39.7 Å². The number of ether oxygens (including phenoxy) is 3. The molecule has 0 spiro atoms. The quantitative estimate of drug-likeness (QED) is 0.786. The first kappa shape index (κ1) is 15.8. The van der Waals surface area contributed by atoms with Gasteiger partial charge in [-0.1, -0.05) is 13.0 Å². The normalized spacial score (nSPS) is 13.9.